The summed E-state index contributed by atoms with van der Waals surface area (Å²) < 4.78 is 0. The summed E-state index contributed by atoms with van der Waals surface area (Å²) >= 11 is 0. The molecule has 4 rings (SSSR count). The Morgan fingerprint density at radius 3 is 2.55 bits per heavy atom. The minimum Gasteiger partial charge on any atom is -0.365 e. The molecule has 1 unspecified atom stereocenters. The van der Waals surface area contributed by atoms with Crippen molar-refractivity contribution in [2.45, 2.75) is 77.4 Å². The zero-order valence-electron chi connectivity index (χ0n) is 14.0. The molecule has 22 heavy (non-hydrogen) atoms. The lowest BCUT2D eigenvalue weighted by Gasteiger charge is -2.63. The largest absolute Gasteiger partial charge is 0.365 e. The number of Topliss-reactive ketones (excluding diaryl/α,β-unsaturated/α-hetero) is 1. The van der Waals surface area contributed by atoms with Gasteiger partial charge in [-0.15, -0.1) is 0 Å². The van der Waals surface area contributed by atoms with Gasteiger partial charge < -0.3 is 10.2 Å². The van der Waals surface area contributed by atoms with Gasteiger partial charge in [0.25, 0.3) is 0 Å². The summed E-state index contributed by atoms with van der Waals surface area (Å²) in [6.07, 6.45) is 8.85. The van der Waals surface area contributed by atoms with Crippen molar-refractivity contribution >= 4 is 5.78 Å². The molecule has 4 saturated carbocycles. The first kappa shape index (κ1) is 15.1. The summed E-state index contributed by atoms with van der Waals surface area (Å²) in [5.74, 6) is -0.305. The Morgan fingerprint density at radius 1 is 1.00 bits per heavy atom. The Morgan fingerprint density at radius 2 is 1.77 bits per heavy atom. The first-order valence-electron chi connectivity index (χ1n) is 9.27. The third kappa shape index (κ3) is 1.78. The van der Waals surface area contributed by atoms with Crippen LogP contribution < -0.4 is 0 Å². The topological polar surface area (TPSA) is 57.5 Å². The lowest BCUT2D eigenvalue weighted by molar-refractivity contribution is -0.299. The van der Waals surface area contributed by atoms with E-state index < -0.39 is 5.79 Å². The number of rotatable bonds is 0. The van der Waals surface area contributed by atoms with E-state index in [1.165, 1.54) is 19.3 Å². The number of hydrogen-bond acceptors (Lipinski definition) is 3. The van der Waals surface area contributed by atoms with E-state index in [1.54, 1.807) is 0 Å². The molecule has 4 fully saturated rings. The maximum atomic E-state index is 12.4. The molecule has 0 radical (unpaired) electrons. The van der Waals surface area contributed by atoms with Gasteiger partial charge >= 0.3 is 0 Å². The van der Waals surface area contributed by atoms with Gasteiger partial charge in [-0.3, -0.25) is 4.79 Å². The standard InChI is InChI=1S/C19H30O3/c1-17-9-4-3-5-12(17)11-19(21,22)16-13-6-7-15(20)18(13,2)10-8-14(16)17/h12-14,16,21-22H,3-11H2,1-2H3/t12?,13-,14+,16-,17-,18-/m0/s1. The van der Waals surface area contributed by atoms with E-state index in [9.17, 15) is 15.0 Å². The maximum absolute atomic E-state index is 12.4. The van der Waals surface area contributed by atoms with E-state index in [-0.39, 0.29) is 22.7 Å². The predicted octanol–water partition coefficient (Wildman–Crippen LogP) is 3.28. The lowest BCUT2D eigenvalue weighted by Crippen LogP contribution is -2.63. The van der Waals surface area contributed by atoms with E-state index in [2.05, 4.69) is 13.8 Å². The van der Waals surface area contributed by atoms with Crippen LogP contribution in [-0.2, 0) is 4.79 Å². The zero-order chi connectivity index (χ0) is 15.8. The second-order valence-electron chi connectivity index (χ2n) is 9.19. The summed E-state index contributed by atoms with van der Waals surface area (Å²) in [4.78, 5) is 12.4. The molecule has 0 saturated heterocycles. The Kier molecular flexibility index (Phi) is 3.14. The normalized spacial score (nSPS) is 53.5. The Hall–Kier alpha value is -0.410. The Balaban J connectivity index is 1.76. The highest BCUT2D eigenvalue weighted by atomic mass is 16.5. The molecule has 2 N–H and O–H groups in total. The van der Waals surface area contributed by atoms with Crippen LogP contribution >= 0.6 is 0 Å². The molecule has 0 spiro atoms. The third-order valence-electron chi connectivity index (χ3n) is 8.36. The number of ketones is 1. The molecular formula is C19H30O3. The molecule has 0 amide bonds. The van der Waals surface area contributed by atoms with Gasteiger partial charge in [-0.25, -0.2) is 0 Å². The summed E-state index contributed by atoms with van der Waals surface area (Å²) in [6.45, 7) is 4.50. The van der Waals surface area contributed by atoms with E-state index >= 15 is 0 Å². The second kappa shape index (κ2) is 4.57. The number of aliphatic hydroxyl groups is 2. The smallest absolute Gasteiger partial charge is 0.166 e. The molecule has 3 heteroatoms. The molecule has 4 aliphatic carbocycles. The van der Waals surface area contributed by atoms with E-state index in [1.807, 2.05) is 0 Å². The van der Waals surface area contributed by atoms with Crippen LogP contribution in [0.15, 0.2) is 0 Å². The van der Waals surface area contributed by atoms with Crippen molar-refractivity contribution in [1.82, 2.24) is 0 Å². The highest BCUT2D eigenvalue weighted by Crippen LogP contribution is 2.67. The Bertz CT molecular complexity index is 499. The van der Waals surface area contributed by atoms with Crippen LogP contribution in [0.3, 0.4) is 0 Å². The first-order valence-corrected chi connectivity index (χ1v) is 9.27. The average Bonchev–Trinajstić information content (AvgIpc) is 2.75. The van der Waals surface area contributed by atoms with Gasteiger partial charge in [-0.1, -0.05) is 26.7 Å². The zero-order valence-corrected chi connectivity index (χ0v) is 14.0. The van der Waals surface area contributed by atoms with Crippen molar-refractivity contribution < 1.29 is 15.0 Å². The molecule has 6 atom stereocenters. The van der Waals surface area contributed by atoms with Gasteiger partial charge in [-0.05, 0) is 55.3 Å². The monoisotopic (exact) mass is 306 g/mol. The number of hydrogen-bond donors (Lipinski definition) is 2. The van der Waals surface area contributed by atoms with E-state index in [0.29, 0.717) is 30.5 Å². The molecule has 0 bridgehead atoms. The molecule has 3 nitrogen and oxygen atoms in total. The molecule has 0 aromatic carbocycles. The van der Waals surface area contributed by atoms with Crippen LogP contribution in [-0.4, -0.2) is 21.8 Å². The fourth-order valence-electron chi connectivity index (χ4n) is 7.05. The van der Waals surface area contributed by atoms with Crippen LogP contribution in [0.5, 0.6) is 0 Å². The van der Waals surface area contributed by atoms with E-state index in [0.717, 1.165) is 25.7 Å². The quantitative estimate of drug-likeness (QED) is 0.675. The highest BCUT2D eigenvalue weighted by Gasteiger charge is 2.66. The number of carbonyl (C=O) groups is 1. The summed E-state index contributed by atoms with van der Waals surface area (Å²) in [6, 6.07) is 0. The lowest BCUT2D eigenvalue weighted by atomic mass is 9.44. The van der Waals surface area contributed by atoms with Crippen LogP contribution in [0.1, 0.15) is 71.6 Å². The fourth-order valence-corrected chi connectivity index (χ4v) is 7.05. The van der Waals surface area contributed by atoms with Crippen molar-refractivity contribution in [3.63, 3.8) is 0 Å². The average molecular weight is 306 g/mol. The predicted molar refractivity (Wildman–Crippen MR) is 83.9 cm³/mol. The van der Waals surface area contributed by atoms with Crippen LogP contribution in [0.4, 0.5) is 0 Å². The summed E-state index contributed by atoms with van der Waals surface area (Å²) in [7, 11) is 0. The molecule has 124 valence electrons. The molecule has 0 heterocycles. The number of fused-ring (bicyclic) bond motifs is 5. The summed E-state index contributed by atoms with van der Waals surface area (Å²) in [5.41, 5.74) is -0.0411. The molecule has 0 aromatic heterocycles. The number of carbonyl (C=O) groups excluding carboxylic acids is 1. The third-order valence-corrected chi connectivity index (χ3v) is 8.36. The SMILES string of the molecule is C[C@]12CCCCC1CC(O)(O)[C@@H]1[C@H]2CC[C@]2(C)C(=O)CC[C@@H]12. The molecule has 0 aromatic rings. The van der Waals surface area contributed by atoms with Gasteiger partial charge in [0.05, 0.1) is 0 Å². The van der Waals surface area contributed by atoms with Gasteiger partial charge in [0.2, 0.25) is 0 Å². The Labute approximate surface area is 133 Å². The van der Waals surface area contributed by atoms with Crippen molar-refractivity contribution in [3.8, 4) is 0 Å². The first-order chi connectivity index (χ1) is 10.3. The molecule has 4 aliphatic rings. The highest BCUT2D eigenvalue weighted by molar-refractivity contribution is 5.87. The van der Waals surface area contributed by atoms with E-state index in [4.69, 9.17) is 0 Å². The van der Waals surface area contributed by atoms with Gasteiger partial charge in [0.1, 0.15) is 5.78 Å². The van der Waals surface area contributed by atoms with Gasteiger partial charge in [0.15, 0.2) is 5.79 Å². The van der Waals surface area contributed by atoms with Crippen molar-refractivity contribution in [1.29, 1.82) is 0 Å². The summed E-state index contributed by atoms with van der Waals surface area (Å²) in [5, 5.41) is 21.8. The minimum atomic E-state index is -1.57. The van der Waals surface area contributed by atoms with Gasteiger partial charge in [0, 0.05) is 24.2 Å². The van der Waals surface area contributed by atoms with Gasteiger partial charge in [-0.2, -0.15) is 0 Å². The van der Waals surface area contributed by atoms with Crippen molar-refractivity contribution in [3.05, 3.63) is 0 Å². The van der Waals surface area contributed by atoms with Crippen LogP contribution in [0.25, 0.3) is 0 Å². The molecular weight excluding hydrogens is 276 g/mol. The van der Waals surface area contributed by atoms with Crippen LogP contribution in [0, 0.1) is 34.5 Å². The second-order valence-corrected chi connectivity index (χ2v) is 9.19. The van der Waals surface area contributed by atoms with Crippen molar-refractivity contribution in [2.24, 2.45) is 34.5 Å². The maximum Gasteiger partial charge on any atom is 0.166 e. The van der Waals surface area contributed by atoms with Crippen molar-refractivity contribution in [2.75, 3.05) is 0 Å². The minimum absolute atomic E-state index is 0.1000. The molecule has 0 aliphatic heterocycles. The fraction of sp³-hybridized carbons (Fsp3) is 0.947. The van der Waals surface area contributed by atoms with Crippen LogP contribution in [0.2, 0.25) is 0 Å².